The summed E-state index contributed by atoms with van der Waals surface area (Å²) in [6, 6.07) is 11.3. The molecule has 0 fully saturated rings. The van der Waals surface area contributed by atoms with Crippen LogP contribution < -0.4 is 5.32 Å². The zero-order valence-corrected chi connectivity index (χ0v) is 18.1. The standard InChI is InChI=1S/C23H26N4O4/c1-14(2)22(30)31-11-10-21(29)24-16-7-9-17-19(13-16)27-25(17)26(27)18-8-6-15(12-20(18)28)23(3,4)5/h6-9,12-13,28H,1,10-11H2,2-5H3,(H,24,29). The number of amides is 1. The SMILES string of the molecule is C=C(C)C(=O)OCCC(=O)Nc1ccc2c(c1)n1n(-c3ccc(C(C)(C)C)cc3O)n21. The maximum Gasteiger partial charge on any atom is 0.333 e. The number of ether oxygens (including phenoxy) is 1. The van der Waals surface area contributed by atoms with Crippen LogP contribution in [0.5, 0.6) is 5.75 Å². The van der Waals surface area contributed by atoms with Crippen LogP contribution in [0.3, 0.4) is 0 Å². The number of carbonyl (C=O) groups excluding carboxylic acids is 2. The fraction of sp³-hybridized carbons (Fsp3) is 0.304. The lowest BCUT2D eigenvalue weighted by Crippen LogP contribution is -2.16. The van der Waals surface area contributed by atoms with E-state index in [1.165, 1.54) is 0 Å². The van der Waals surface area contributed by atoms with Gasteiger partial charge in [-0.15, -0.1) is 14.1 Å². The van der Waals surface area contributed by atoms with Gasteiger partial charge in [-0.2, -0.15) is 0 Å². The van der Waals surface area contributed by atoms with Gasteiger partial charge in [0.1, 0.15) is 29.1 Å². The van der Waals surface area contributed by atoms with E-state index in [0.717, 1.165) is 16.6 Å². The minimum atomic E-state index is -0.505. The van der Waals surface area contributed by atoms with E-state index in [0.29, 0.717) is 16.9 Å². The number of esters is 1. The lowest BCUT2D eigenvalue weighted by molar-refractivity contribution is -0.139. The largest absolute Gasteiger partial charge is 0.506 e. The fourth-order valence-corrected chi connectivity index (χ4v) is 3.37. The van der Waals surface area contributed by atoms with Gasteiger partial charge in [0, 0.05) is 11.3 Å². The summed E-state index contributed by atoms with van der Waals surface area (Å²) in [5, 5.41) is 13.4. The van der Waals surface area contributed by atoms with Gasteiger partial charge in [0.2, 0.25) is 5.91 Å². The van der Waals surface area contributed by atoms with E-state index in [4.69, 9.17) is 4.74 Å². The number of anilines is 1. The van der Waals surface area contributed by atoms with E-state index in [1.807, 2.05) is 44.4 Å². The lowest BCUT2D eigenvalue weighted by atomic mass is 9.87. The molecule has 0 bridgehead atoms. The number of nitrogens with one attached hydrogen (secondary N) is 1. The second kappa shape index (κ2) is 7.23. The van der Waals surface area contributed by atoms with Crippen molar-refractivity contribution < 1.29 is 19.4 Å². The number of aromatic hydroxyl groups is 1. The maximum atomic E-state index is 12.1. The molecular formula is C23H26N4O4. The molecule has 0 saturated carbocycles. The van der Waals surface area contributed by atoms with E-state index in [9.17, 15) is 14.7 Å². The summed E-state index contributed by atoms with van der Waals surface area (Å²) < 4.78 is 8.79. The molecular weight excluding hydrogens is 396 g/mol. The van der Waals surface area contributed by atoms with Gasteiger partial charge >= 0.3 is 5.97 Å². The van der Waals surface area contributed by atoms with Crippen LogP contribution in [-0.4, -0.2) is 37.6 Å². The summed E-state index contributed by atoms with van der Waals surface area (Å²) in [7, 11) is 0. The monoisotopic (exact) mass is 422 g/mol. The number of rotatable bonds is 6. The van der Waals surface area contributed by atoms with Crippen LogP contribution in [-0.2, 0) is 19.7 Å². The van der Waals surface area contributed by atoms with Crippen LogP contribution in [0.2, 0.25) is 0 Å². The van der Waals surface area contributed by atoms with Gasteiger partial charge < -0.3 is 15.2 Å². The van der Waals surface area contributed by atoms with Crippen molar-refractivity contribution in [3.8, 4) is 11.4 Å². The highest BCUT2D eigenvalue weighted by atomic mass is 16.5. The number of phenols is 1. The van der Waals surface area contributed by atoms with Gasteiger partial charge in [-0.05, 0) is 48.2 Å². The number of carbonyl (C=O) groups is 2. The molecule has 0 unspecified atom stereocenters. The summed E-state index contributed by atoms with van der Waals surface area (Å²) in [5.41, 5.74) is 4.55. The van der Waals surface area contributed by atoms with Crippen molar-refractivity contribution in [2.45, 2.75) is 39.5 Å². The summed E-state index contributed by atoms with van der Waals surface area (Å²) in [5.74, 6) is -0.538. The minimum Gasteiger partial charge on any atom is -0.506 e. The second-order valence-electron chi connectivity index (χ2n) is 8.74. The minimum absolute atomic E-state index is 0.0000140. The number of aromatic nitrogens is 3. The fourth-order valence-electron chi connectivity index (χ4n) is 3.37. The molecule has 4 rings (SSSR count). The number of fused-ring (bicyclic) bond motifs is 4. The third kappa shape index (κ3) is 3.76. The molecule has 0 aliphatic rings. The quantitative estimate of drug-likeness (QED) is 0.365. The number of hydrogen-bond acceptors (Lipinski definition) is 4. The molecule has 2 N–H and O–H groups in total. The van der Waals surface area contributed by atoms with Crippen molar-refractivity contribution in [1.29, 1.82) is 0 Å². The Kier molecular flexibility index (Phi) is 4.80. The maximum absolute atomic E-state index is 12.1. The number of hydrogen-bond donors (Lipinski definition) is 2. The van der Waals surface area contributed by atoms with Crippen LogP contribution in [0.25, 0.3) is 16.7 Å². The number of phenolic OH excluding ortho intramolecular Hbond substituents is 1. The Hall–Kier alpha value is -3.68. The Balaban J connectivity index is 1.47. The predicted molar refractivity (Wildman–Crippen MR) is 118 cm³/mol. The van der Waals surface area contributed by atoms with E-state index >= 15 is 0 Å². The van der Waals surface area contributed by atoms with E-state index in [2.05, 4.69) is 32.7 Å². The number of nitrogens with zero attached hydrogens (tertiary/aromatic N) is 3. The highest BCUT2D eigenvalue weighted by Crippen LogP contribution is 2.34. The Labute approximate surface area is 179 Å². The Morgan fingerprint density at radius 2 is 1.81 bits per heavy atom. The lowest BCUT2D eigenvalue weighted by Gasteiger charge is -2.19. The van der Waals surface area contributed by atoms with Crippen LogP contribution in [0, 0.1) is 0 Å². The number of benzene rings is 2. The molecule has 4 aromatic rings. The highest BCUT2D eigenvalue weighted by molar-refractivity contribution is 5.94. The zero-order chi connectivity index (χ0) is 22.5. The van der Waals surface area contributed by atoms with E-state index in [1.54, 1.807) is 13.0 Å². The zero-order valence-electron chi connectivity index (χ0n) is 18.1. The van der Waals surface area contributed by atoms with Crippen molar-refractivity contribution >= 4 is 28.6 Å². The van der Waals surface area contributed by atoms with Crippen molar-refractivity contribution in [1.82, 2.24) is 14.1 Å². The molecule has 31 heavy (non-hydrogen) atoms. The summed E-state index contributed by atoms with van der Waals surface area (Å²) in [4.78, 5) is 25.4. The topological polar surface area (TPSA) is 89.4 Å². The van der Waals surface area contributed by atoms with Crippen LogP contribution in [0.15, 0.2) is 48.6 Å². The molecule has 8 nitrogen and oxygen atoms in total. The predicted octanol–water partition coefficient (Wildman–Crippen LogP) is 3.87. The van der Waals surface area contributed by atoms with Crippen molar-refractivity contribution in [2.75, 3.05) is 11.9 Å². The first-order valence-corrected chi connectivity index (χ1v) is 10.1. The van der Waals surface area contributed by atoms with Crippen LogP contribution in [0.4, 0.5) is 5.69 Å². The van der Waals surface area contributed by atoms with E-state index in [-0.39, 0.29) is 30.1 Å². The van der Waals surface area contributed by atoms with Crippen LogP contribution >= 0.6 is 0 Å². The van der Waals surface area contributed by atoms with Gasteiger partial charge in [0.05, 0.1) is 6.42 Å². The van der Waals surface area contributed by atoms with Gasteiger partial charge in [-0.1, -0.05) is 33.4 Å². The van der Waals surface area contributed by atoms with Crippen molar-refractivity contribution in [3.63, 3.8) is 0 Å². The average molecular weight is 422 g/mol. The third-order valence-corrected chi connectivity index (χ3v) is 5.17. The molecule has 0 saturated heterocycles. The molecule has 2 heterocycles. The molecule has 2 aromatic heterocycles. The molecule has 1 amide bonds. The van der Waals surface area contributed by atoms with Gasteiger partial charge in [0.25, 0.3) is 0 Å². The van der Waals surface area contributed by atoms with Crippen LogP contribution in [0.1, 0.15) is 39.7 Å². The summed E-state index contributed by atoms with van der Waals surface area (Å²) in [6.07, 6.45) is 0.0616. The van der Waals surface area contributed by atoms with Gasteiger partial charge in [0.15, 0.2) is 0 Å². The molecule has 0 radical (unpaired) electrons. The van der Waals surface area contributed by atoms with Gasteiger partial charge in [-0.25, -0.2) is 4.79 Å². The normalized spacial score (nSPS) is 12.0. The van der Waals surface area contributed by atoms with Crippen molar-refractivity contribution in [2.24, 2.45) is 0 Å². The Bertz CT molecular complexity index is 1300. The smallest absolute Gasteiger partial charge is 0.333 e. The Morgan fingerprint density at radius 1 is 1.10 bits per heavy atom. The van der Waals surface area contributed by atoms with Crippen molar-refractivity contribution in [3.05, 3.63) is 54.1 Å². The second-order valence-corrected chi connectivity index (χ2v) is 8.74. The average Bonchev–Trinajstić information content (AvgIpc) is 3.34. The first-order chi connectivity index (χ1) is 14.6. The third-order valence-electron chi connectivity index (χ3n) is 5.17. The molecule has 0 aliphatic heterocycles. The first kappa shape index (κ1) is 20.6. The summed E-state index contributed by atoms with van der Waals surface area (Å²) >= 11 is 0. The molecule has 0 spiro atoms. The molecule has 2 aromatic carbocycles. The summed E-state index contributed by atoms with van der Waals surface area (Å²) in [6.45, 7) is 11.4. The van der Waals surface area contributed by atoms with E-state index < -0.39 is 5.97 Å². The molecule has 0 aliphatic carbocycles. The van der Waals surface area contributed by atoms with Gasteiger partial charge in [-0.3, -0.25) is 4.79 Å². The molecule has 162 valence electrons. The first-order valence-electron chi connectivity index (χ1n) is 10.1. The molecule has 0 atom stereocenters. The molecule has 8 heteroatoms. The highest BCUT2D eigenvalue weighted by Gasteiger charge is 2.27. The Morgan fingerprint density at radius 3 is 2.45 bits per heavy atom.